The quantitative estimate of drug-likeness (QED) is 0.341. The van der Waals surface area contributed by atoms with E-state index in [-0.39, 0.29) is 5.91 Å². The molecular weight excluding hydrogens is 428 g/mol. The Labute approximate surface area is 189 Å². The maximum atomic E-state index is 13.5. The van der Waals surface area contributed by atoms with Gasteiger partial charge in [0, 0.05) is 35.9 Å². The number of fused-ring (bicyclic) bond motifs is 1. The van der Waals surface area contributed by atoms with Crippen LogP contribution in [0.5, 0.6) is 5.75 Å². The van der Waals surface area contributed by atoms with Gasteiger partial charge < -0.3 is 9.30 Å². The second kappa shape index (κ2) is 9.53. The molecule has 2 aromatic heterocycles. The number of hydrogen-bond acceptors (Lipinski definition) is 6. The molecule has 0 aliphatic rings. The molecule has 0 bridgehead atoms. The van der Waals surface area contributed by atoms with Crippen molar-refractivity contribution in [1.29, 1.82) is 0 Å². The molecule has 0 saturated heterocycles. The molecule has 1 amide bonds. The van der Waals surface area contributed by atoms with Crippen molar-refractivity contribution in [2.45, 2.75) is 24.8 Å². The Hall–Kier alpha value is -2.84. The van der Waals surface area contributed by atoms with Gasteiger partial charge in [-0.2, -0.15) is 0 Å². The van der Waals surface area contributed by atoms with Crippen LogP contribution in [0.3, 0.4) is 0 Å². The Balaban J connectivity index is 1.67. The number of hydrogen-bond donors (Lipinski definition) is 0. The van der Waals surface area contributed by atoms with Crippen molar-refractivity contribution >= 4 is 44.4 Å². The number of aromatic nitrogens is 3. The fraction of sp³-hybridized carbons (Fsp3) is 0.261. The van der Waals surface area contributed by atoms with Crippen LogP contribution in [0.25, 0.3) is 10.2 Å². The van der Waals surface area contributed by atoms with Gasteiger partial charge in [-0.3, -0.25) is 9.69 Å². The normalized spacial score (nSPS) is 11.1. The molecule has 0 spiro atoms. The number of thiazole rings is 1. The van der Waals surface area contributed by atoms with E-state index >= 15 is 0 Å². The lowest BCUT2D eigenvalue weighted by molar-refractivity contribution is 0.0986. The van der Waals surface area contributed by atoms with Crippen molar-refractivity contribution in [1.82, 2.24) is 14.5 Å². The molecule has 0 fully saturated rings. The van der Waals surface area contributed by atoms with Crippen LogP contribution in [0, 0.1) is 6.92 Å². The Morgan fingerprint density at radius 3 is 2.71 bits per heavy atom. The summed E-state index contributed by atoms with van der Waals surface area (Å²) in [6.45, 7) is 3.39. The third-order valence-corrected chi connectivity index (χ3v) is 7.04. The van der Waals surface area contributed by atoms with Gasteiger partial charge in [-0.1, -0.05) is 17.4 Å². The Bertz CT molecular complexity index is 1170. The highest BCUT2D eigenvalue weighted by Crippen LogP contribution is 2.37. The molecule has 2 aromatic carbocycles. The zero-order chi connectivity index (χ0) is 21.8. The highest BCUT2D eigenvalue weighted by Gasteiger charge is 2.22. The molecule has 4 aromatic rings. The van der Waals surface area contributed by atoms with E-state index in [1.54, 1.807) is 36.3 Å². The summed E-state index contributed by atoms with van der Waals surface area (Å²) >= 11 is 3.19. The van der Waals surface area contributed by atoms with Crippen LogP contribution < -0.4 is 9.64 Å². The van der Waals surface area contributed by atoms with Crippen LogP contribution in [0.15, 0.2) is 60.0 Å². The van der Waals surface area contributed by atoms with Crippen molar-refractivity contribution in [3.63, 3.8) is 0 Å². The van der Waals surface area contributed by atoms with E-state index in [4.69, 9.17) is 9.72 Å². The average Bonchev–Trinajstić information content (AvgIpc) is 3.47. The maximum Gasteiger partial charge on any atom is 0.260 e. The van der Waals surface area contributed by atoms with Crippen molar-refractivity contribution in [2.75, 3.05) is 24.8 Å². The van der Waals surface area contributed by atoms with Crippen molar-refractivity contribution < 1.29 is 9.53 Å². The van der Waals surface area contributed by atoms with Crippen molar-refractivity contribution in [3.8, 4) is 5.75 Å². The summed E-state index contributed by atoms with van der Waals surface area (Å²) in [5.74, 6) is 0.673. The summed E-state index contributed by atoms with van der Waals surface area (Å²) in [6.07, 6.45) is 8.30. The first-order valence-corrected chi connectivity index (χ1v) is 12.0. The highest BCUT2D eigenvalue weighted by molar-refractivity contribution is 7.98. The molecule has 8 heteroatoms. The molecule has 0 radical (unpaired) electrons. The molecule has 0 unspecified atom stereocenters. The summed E-state index contributed by atoms with van der Waals surface area (Å²) in [5.41, 5.74) is 2.57. The third-order valence-electron chi connectivity index (χ3n) is 5.08. The molecule has 31 heavy (non-hydrogen) atoms. The lowest BCUT2D eigenvalue weighted by Gasteiger charge is -2.20. The minimum atomic E-state index is -0.0473. The predicted octanol–water partition coefficient (Wildman–Crippen LogP) is 5.27. The Kier molecular flexibility index (Phi) is 6.58. The molecule has 0 atom stereocenters. The van der Waals surface area contributed by atoms with Gasteiger partial charge in [0.05, 0.1) is 18.1 Å². The number of nitrogens with zero attached hydrogens (tertiary/aromatic N) is 4. The molecule has 0 aliphatic heterocycles. The van der Waals surface area contributed by atoms with Gasteiger partial charge in [0.15, 0.2) is 5.13 Å². The smallest absolute Gasteiger partial charge is 0.260 e. The number of methoxy groups -OCH3 is 1. The van der Waals surface area contributed by atoms with E-state index in [9.17, 15) is 4.79 Å². The number of ether oxygens (including phenoxy) is 1. The number of amides is 1. The van der Waals surface area contributed by atoms with E-state index in [2.05, 4.69) is 11.9 Å². The summed E-state index contributed by atoms with van der Waals surface area (Å²) < 4.78 is 8.56. The third kappa shape index (κ3) is 4.60. The van der Waals surface area contributed by atoms with Crippen LogP contribution in [0.4, 0.5) is 5.13 Å². The maximum absolute atomic E-state index is 13.5. The molecular formula is C23H24N4O2S2. The molecule has 2 heterocycles. The topological polar surface area (TPSA) is 60.2 Å². The SMILES string of the molecule is COc1ccc(C)c2sc(N(CCCn3ccnc3)C(=O)c3ccc(SC)cc3)nc12. The molecule has 0 saturated carbocycles. The lowest BCUT2D eigenvalue weighted by Crippen LogP contribution is -2.32. The van der Waals surface area contributed by atoms with E-state index < -0.39 is 0 Å². The minimum absolute atomic E-state index is 0.0473. The van der Waals surface area contributed by atoms with Crippen LogP contribution in [0.2, 0.25) is 0 Å². The fourth-order valence-corrected chi connectivity index (χ4v) is 4.87. The van der Waals surface area contributed by atoms with Crippen LogP contribution in [-0.4, -0.2) is 40.4 Å². The van der Waals surface area contributed by atoms with Crippen molar-refractivity contribution in [3.05, 3.63) is 66.2 Å². The predicted molar refractivity (Wildman–Crippen MR) is 128 cm³/mol. The van der Waals surface area contributed by atoms with Gasteiger partial charge in [0.2, 0.25) is 0 Å². The number of aryl methyl sites for hydroxylation is 2. The minimum Gasteiger partial charge on any atom is -0.494 e. The van der Waals surface area contributed by atoms with Gasteiger partial charge in [-0.05, 0) is 55.5 Å². The largest absolute Gasteiger partial charge is 0.494 e. The van der Waals surface area contributed by atoms with E-state index in [1.807, 2.05) is 53.4 Å². The average molecular weight is 453 g/mol. The monoisotopic (exact) mass is 452 g/mol. The second-order valence-electron chi connectivity index (χ2n) is 7.10. The highest BCUT2D eigenvalue weighted by atomic mass is 32.2. The summed E-state index contributed by atoms with van der Waals surface area (Å²) in [5, 5.41) is 0.687. The lowest BCUT2D eigenvalue weighted by atomic mass is 10.2. The van der Waals surface area contributed by atoms with Gasteiger partial charge >= 0.3 is 0 Å². The first-order chi connectivity index (χ1) is 15.1. The molecule has 4 rings (SSSR count). The number of carbonyl (C=O) groups is 1. The van der Waals surface area contributed by atoms with Crippen LogP contribution >= 0.6 is 23.1 Å². The second-order valence-corrected chi connectivity index (χ2v) is 8.96. The summed E-state index contributed by atoms with van der Waals surface area (Å²) in [7, 11) is 1.64. The number of rotatable bonds is 8. The van der Waals surface area contributed by atoms with E-state index in [0.29, 0.717) is 17.2 Å². The van der Waals surface area contributed by atoms with Gasteiger partial charge in [0.25, 0.3) is 5.91 Å². The standard InChI is InChI=1S/C23H24N4O2S2/c1-16-5-10-19(29-2)20-21(16)31-23(25-20)27(13-4-12-26-14-11-24-15-26)22(28)17-6-8-18(30-3)9-7-17/h5-11,14-15H,4,12-13H2,1-3H3. The zero-order valence-corrected chi connectivity index (χ0v) is 19.4. The number of benzene rings is 2. The number of carbonyl (C=O) groups excluding carboxylic acids is 1. The van der Waals surface area contributed by atoms with E-state index in [0.717, 1.165) is 39.4 Å². The van der Waals surface area contributed by atoms with E-state index in [1.165, 1.54) is 11.3 Å². The molecule has 0 N–H and O–H groups in total. The molecule has 6 nitrogen and oxygen atoms in total. The first kappa shape index (κ1) is 21.4. The summed E-state index contributed by atoms with van der Waals surface area (Å²) in [6, 6.07) is 11.7. The number of thioether (sulfide) groups is 1. The zero-order valence-electron chi connectivity index (χ0n) is 17.7. The first-order valence-electron chi connectivity index (χ1n) is 9.96. The van der Waals surface area contributed by atoms with Gasteiger partial charge in [-0.25, -0.2) is 9.97 Å². The van der Waals surface area contributed by atoms with Crippen LogP contribution in [0.1, 0.15) is 22.3 Å². The van der Waals surface area contributed by atoms with Gasteiger partial charge in [0.1, 0.15) is 11.3 Å². The number of imidazole rings is 1. The number of anilines is 1. The molecule has 0 aliphatic carbocycles. The van der Waals surface area contributed by atoms with Crippen LogP contribution in [-0.2, 0) is 6.54 Å². The fourth-order valence-electron chi connectivity index (χ4n) is 3.38. The Morgan fingerprint density at radius 1 is 1.23 bits per heavy atom. The van der Waals surface area contributed by atoms with Gasteiger partial charge in [-0.15, -0.1) is 11.8 Å². The summed E-state index contributed by atoms with van der Waals surface area (Å²) in [4.78, 5) is 25.3. The Morgan fingerprint density at radius 2 is 2.03 bits per heavy atom. The van der Waals surface area contributed by atoms with Crippen molar-refractivity contribution in [2.24, 2.45) is 0 Å². The molecule has 160 valence electrons.